The quantitative estimate of drug-likeness (QED) is 0.218. The van der Waals surface area contributed by atoms with Crippen molar-refractivity contribution in [3.05, 3.63) is 106 Å². The topological polar surface area (TPSA) is 0 Å². The Morgan fingerprint density at radius 2 is 1.11 bits per heavy atom. The van der Waals surface area contributed by atoms with Gasteiger partial charge in [-0.1, -0.05) is 87.8 Å². The van der Waals surface area contributed by atoms with Crippen LogP contribution >= 0.6 is 0 Å². The summed E-state index contributed by atoms with van der Waals surface area (Å²) in [4.78, 5) is 0. The van der Waals surface area contributed by atoms with Gasteiger partial charge >= 0.3 is 0 Å². The van der Waals surface area contributed by atoms with Gasteiger partial charge in [-0.25, -0.2) is 8.78 Å². The first kappa shape index (κ1) is 26.2. The molecule has 0 unspecified atom stereocenters. The highest BCUT2D eigenvalue weighted by atomic mass is 19.1. The minimum atomic E-state index is -0.427. The summed E-state index contributed by atoms with van der Waals surface area (Å²) in [6.07, 6.45) is 10.0. The van der Waals surface area contributed by atoms with Gasteiger partial charge in [0.15, 0.2) is 0 Å². The largest absolute Gasteiger partial charge is 0.207 e. The highest BCUT2D eigenvalue weighted by Crippen LogP contribution is 2.15. The van der Waals surface area contributed by atoms with Crippen molar-refractivity contribution in [2.45, 2.75) is 71.6 Å². The Bertz CT molecular complexity index is 1210. The standard InChI is InChI=1S/C33H34F2/c1-3-5-7-9-10-26-12-14-27(15-13-26)16-17-28-19-22-31(33(35)24-28)23-20-29-18-21-30(32(34)25-29)11-8-6-4-2/h12-15,18-19,21-22,24-25H,3-11H2,1-2H3. The van der Waals surface area contributed by atoms with Crippen LogP contribution in [0.15, 0.2) is 60.7 Å². The summed E-state index contributed by atoms with van der Waals surface area (Å²) in [5.41, 5.74) is 4.35. The maximum atomic E-state index is 14.6. The van der Waals surface area contributed by atoms with Crippen molar-refractivity contribution in [1.82, 2.24) is 0 Å². The highest BCUT2D eigenvalue weighted by molar-refractivity contribution is 5.49. The van der Waals surface area contributed by atoms with Crippen LogP contribution in [0.1, 0.15) is 92.2 Å². The molecular weight excluding hydrogens is 434 g/mol. The average Bonchev–Trinajstić information content (AvgIpc) is 2.87. The third kappa shape index (κ3) is 8.73. The van der Waals surface area contributed by atoms with E-state index in [1.54, 1.807) is 24.3 Å². The molecule has 180 valence electrons. The number of hydrogen-bond donors (Lipinski definition) is 0. The van der Waals surface area contributed by atoms with E-state index >= 15 is 0 Å². The first-order valence-corrected chi connectivity index (χ1v) is 12.8. The Labute approximate surface area is 209 Å². The highest BCUT2D eigenvalue weighted by Gasteiger charge is 2.04. The lowest BCUT2D eigenvalue weighted by Gasteiger charge is -2.03. The third-order valence-corrected chi connectivity index (χ3v) is 6.04. The molecule has 3 aromatic rings. The van der Waals surface area contributed by atoms with Gasteiger partial charge in [0.2, 0.25) is 0 Å². The first-order chi connectivity index (χ1) is 17.1. The fraction of sp³-hybridized carbons (Fsp3) is 0.333. The Morgan fingerprint density at radius 1 is 0.543 bits per heavy atom. The predicted octanol–water partition coefficient (Wildman–Crippen LogP) is 8.62. The number of hydrogen-bond acceptors (Lipinski definition) is 0. The van der Waals surface area contributed by atoms with Crippen LogP contribution in [-0.2, 0) is 12.8 Å². The maximum Gasteiger partial charge on any atom is 0.140 e. The minimum absolute atomic E-state index is 0.247. The Balaban J connectivity index is 1.62. The molecule has 3 rings (SSSR count). The molecule has 0 nitrogen and oxygen atoms in total. The summed E-state index contributed by atoms with van der Waals surface area (Å²) in [7, 11) is 0. The molecule has 0 aliphatic heterocycles. The summed E-state index contributed by atoms with van der Waals surface area (Å²) in [5, 5.41) is 0. The molecule has 0 aromatic heterocycles. The molecule has 0 aliphatic rings. The monoisotopic (exact) mass is 468 g/mol. The molecule has 3 aromatic carbocycles. The SMILES string of the molecule is CCCCCCc1ccc(C#Cc2ccc(C#Cc3ccc(CCCCC)c(F)c3)c(F)c2)cc1. The second kappa shape index (κ2) is 14.1. The number of rotatable bonds is 9. The molecular formula is C33H34F2. The third-order valence-electron chi connectivity index (χ3n) is 6.04. The molecule has 35 heavy (non-hydrogen) atoms. The molecule has 0 atom stereocenters. The van der Waals surface area contributed by atoms with Gasteiger partial charge < -0.3 is 0 Å². The first-order valence-electron chi connectivity index (χ1n) is 12.8. The van der Waals surface area contributed by atoms with E-state index in [1.165, 1.54) is 43.4 Å². The Hall–Kier alpha value is -3.36. The van der Waals surface area contributed by atoms with E-state index in [-0.39, 0.29) is 11.4 Å². The second-order valence-electron chi connectivity index (χ2n) is 8.97. The van der Waals surface area contributed by atoms with Crippen molar-refractivity contribution in [3.8, 4) is 23.7 Å². The van der Waals surface area contributed by atoms with Crippen LogP contribution < -0.4 is 0 Å². The van der Waals surface area contributed by atoms with Crippen molar-refractivity contribution in [1.29, 1.82) is 0 Å². The molecule has 0 fully saturated rings. The molecule has 0 saturated carbocycles. The van der Waals surface area contributed by atoms with E-state index in [0.29, 0.717) is 16.7 Å². The second-order valence-corrected chi connectivity index (χ2v) is 8.97. The number of unbranched alkanes of at least 4 members (excludes halogenated alkanes) is 5. The molecule has 0 amide bonds. The fourth-order valence-electron chi connectivity index (χ4n) is 3.88. The smallest absolute Gasteiger partial charge is 0.140 e. The Kier molecular flexibility index (Phi) is 10.6. The summed E-state index contributed by atoms with van der Waals surface area (Å²) in [6.45, 7) is 4.35. The van der Waals surface area contributed by atoms with E-state index in [9.17, 15) is 8.78 Å². The molecule has 0 aliphatic carbocycles. The van der Waals surface area contributed by atoms with Gasteiger partial charge in [0.05, 0.1) is 5.56 Å². The van der Waals surface area contributed by atoms with Gasteiger partial charge in [-0.2, -0.15) is 0 Å². The predicted molar refractivity (Wildman–Crippen MR) is 142 cm³/mol. The molecule has 0 bridgehead atoms. The van der Waals surface area contributed by atoms with Crippen molar-refractivity contribution >= 4 is 0 Å². The van der Waals surface area contributed by atoms with Crippen molar-refractivity contribution in [2.75, 3.05) is 0 Å². The van der Waals surface area contributed by atoms with E-state index in [2.05, 4.69) is 49.7 Å². The van der Waals surface area contributed by atoms with E-state index in [4.69, 9.17) is 0 Å². The lowest BCUT2D eigenvalue weighted by molar-refractivity contribution is 0.598. The van der Waals surface area contributed by atoms with Crippen molar-refractivity contribution < 1.29 is 8.78 Å². The number of halogens is 2. The fourth-order valence-corrected chi connectivity index (χ4v) is 3.88. The van der Waals surface area contributed by atoms with E-state index in [1.807, 2.05) is 12.1 Å². The maximum absolute atomic E-state index is 14.6. The molecule has 0 spiro atoms. The number of benzene rings is 3. The Morgan fingerprint density at radius 3 is 1.80 bits per heavy atom. The van der Waals surface area contributed by atoms with Gasteiger partial charge in [-0.15, -0.1) is 0 Å². The van der Waals surface area contributed by atoms with Gasteiger partial charge in [-0.05, 0) is 79.3 Å². The normalized spacial score (nSPS) is 10.3. The summed E-state index contributed by atoms with van der Waals surface area (Å²) >= 11 is 0. The van der Waals surface area contributed by atoms with Crippen LogP contribution in [0, 0.1) is 35.3 Å². The van der Waals surface area contributed by atoms with E-state index < -0.39 is 5.82 Å². The van der Waals surface area contributed by atoms with Crippen LogP contribution in [0.3, 0.4) is 0 Å². The van der Waals surface area contributed by atoms with Gasteiger partial charge in [0.25, 0.3) is 0 Å². The van der Waals surface area contributed by atoms with Gasteiger partial charge in [-0.3, -0.25) is 0 Å². The summed E-state index contributed by atoms with van der Waals surface area (Å²) in [6, 6.07) is 18.1. The zero-order valence-electron chi connectivity index (χ0n) is 20.9. The van der Waals surface area contributed by atoms with E-state index in [0.717, 1.165) is 37.7 Å². The lowest BCUT2D eigenvalue weighted by Crippen LogP contribution is -1.92. The molecule has 2 heteroatoms. The van der Waals surface area contributed by atoms with Crippen LogP contribution in [0.2, 0.25) is 0 Å². The summed E-state index contributed by atoms with van der Waals surface area (Å²) in [5.74, 6) is 11.2. The number of aryl methyl sites for hydroxylation is 2. The zero-order chi connectivity index (χ0) is 24.9. The minimum Gasteiger partial charge on any atom is -0.207 e. The summed E-state index contributed by atoms with van der Waals surface area (Å²) < 4.78 is 28.9. The van der Waals surface area contributed by atoms with Crippen LogP contribution in [-0.4, -0.2) is 0 Å². The molecule has 0 heterocycles. The van der Waals surface area contributed by atoms with Gasteiger partial charge in [0.1, 0.15) is 11.6 Å². The lowest BCUT2D eigenvalue weighted by atomic mass is 10.0. The molecule has 0 radical (unpaired) electrons. The molecule has 0 N–H and O–H groups in total. The van der Waals surface area contributed by atoms with Crippen molar-refractivity contribution in [2.24, 2.45) is 0 Å². The average molecular weight is 469 g/mol. The van der Waals surface area contributed by atoms with Crippen LogP contribution in [0.4, 0.5) is 8.78 Å². The van der Waals surface area contributed by atoms with Crippen LogP contribution in [0.5, 0.6) is 0 Å². The zero-order valence-corrected chi connectivity index (χ0v) is 20.9. The van der Waals surface area contributed by atoms with Crippen molar-refractivity contribution in [3.63, 3.8) is 0 Å². The van der Waals surface area contributed by atoms with Gasteiger partial charge in [0, 0.05) is 16.7 Å². The molecule has 0 saturated heterocycles. The van der Waals surface area contributed by atoms with Crippen LogP contribution in [0.25, 0.3) is 0 Å².